The minimum absolute atomic E-state index is 0.0202. The van der Waals surface area contributed by atoms with E-state index in [1.54, 1.807) is 35.9 Å². The van der Waals surface area contributed by atoms with Gasteiger partial charge in [0, 0.05) is 36.3 Å². The highest BCUT2D eigenvalue weighted by molar-refractivity contribution is 7.13. The van der Waals surface area contributed by atoms with Crippen LogP contribution in [0.4, 0.5) is 4.39 Å². The fraction of sp³-hybridized carbons (Fsp3) is 0.250. The van der Waals surface area contributed by atoms with Crippen LogP contribution in [0.1, 0.15) is 24.1 Å². The summed E-state index contributed by atoms with van der Waals surface area (Å²) in [7, 11) is 0. The largest absolute Gasteiger partial charge is 0.355 e. The molecule has 1 amide bonds. The Hall–Kier alpha value is -2.60. The van der Waals surface area contributed by atoms with Crippen LogP contribution in [0.15, 0.2) is 54.2 Å². The topological polar surface area (TPSA) is 54.9 Å². The fourth-order valence-corrected chi connectivity index (χ4v) is 3.90. The summed E-state index contributed by atoms with van der Waals surface area (Å²) >= 11 is 1.58. The number of hydrogen-bond donors (Lipinski definition) is 1. The van der Waals surface area contributed by atoms with E-state index in [-0.39, 0.29) is 11.7 Å². The molecule has 6 heteroatoms. The number of carbonyl (C=O) groups is 1. The zero-order chi connectivity index (χ0) is 18.0. The predicted octanol–water partition coefficient (Wildman–Crippen LogP) is 3.73. The van der Waals surface area contributed by atoms with Crippen molar-refractivity contribution in [3.63, 3.8) is 0 Å². The number of benzene rings is 1. The van der Waals surface area contributed by atoms with Gasteiger partial charge in [0.25, 0.3) is 0 Å². The van der Waals surface area contributed by atoms with Crippen molar-refractivity contribution in [2.75, 3.05) is 6.54 Å². The zero-order valence-corrected chi connectivity index (χ0v) is 14.9. The molecule has 132 valence electrons. The lowest BCUT2D eigenvalue weighted by atomic mass is 9.95. The molecule has 0 aliphatic heterocycles. The monoisotopic (exact) mass is 367 g/mol. The number of pyridine rings is 1. The second kappa shape index (κ2) is 6.96. The van der Waals surface area contributed by atoms with Crippen LogP contribution in [0.3, 0.4) is 0 Å². The van der Waals surface area contributed by atoms with Gasteiger partial charge in [-0.3, -0.25) is 9.78 Å². The van der Waals surface area contributed by atoms with Gasteiger partial charge in [0.05, 0.1) is 11.1 Å². The van der Waals surface area contributed by atoms with Crippen LogP contribution in [-0.2, 0) is 16.6 Å². The summed E-state index contributed by atoms with van der Waals surface area (Å²) in [5, 5.41) is 5.97. The van der Waals surface area contributed by atoms with Crippen molar-refractivity contribution in [2.24, 2.45) is 0 Å². The molecule has 1 saturated carbocycles. The second-order valence-corrected chi connectivity index (χ2v) is 7.34. The van der Waals surface area contributed by atoms with E-state index in [0.29, 0.717) is 13.0 Å². The Morgan fingerprint density at radius 1 is 1.23 bits per heavy atom. The van der Waals surface area contributed by atoms with Gasteiger partial charge in [0.15, 0.2) is 0 Å². The summed E-state index contributed by atoms with van der Waals surface area (Å²) in [5.74, 6) is -0.260. The number of thiazole rings is 1. The number of hydrogen-bond acceptors (Lipinski definition) is 4. The molecule has 26 heavy (non-hydrogen) atoms. The third kappa shape index (κ3) is 3.37. The maximum Gasteiger partial charge on any atom is 0.230 e. The third-order valence-electron chi connectivity index (χ3n) is 4.71. The number of nitrogens with one attached hydrogen (secondary N) is 1. The average molecular weight is 367 g/mol. The molecule has 4 nitrogen and oxygen atoms in total. The van der Waals surface area contributed by atoms with Gasteiger partial charge >= 0.3 is 0 Å². The van der Waals surface area contributed by atoms with Gasteiger partial charge in [-0.05, 0) is 42.7 Å². The van der Waals surface area contributed by atoms with Gasteiger partial charge in [-0.15, -0.1) is 11.3 Å². The minimum atomic E-state index is -0.476. The van der Waals surface area contributed by atoms with Crippen molar-refractivity contribution in [3.8, 4) is 10.6 Å². The maximum atomic E-state index is 13.1. The number of amides is 1. The van der Waals surface area contributed by atoms with Crippen molar-refractivity contribution in [1.29, 1.82) is 0 Å². The number of rotatable bonds is 6. The highest BCUT2D eigenvalue weighted by Gasteiger charge is 2.50. The first-order valence-electron chi connectivity index (χ1n) is 8.56. The normalized spacial score (nSPS) is 14.8. The van der Waals surface area contributed by atoms with E-state index < -0.39 is 5.41 Å². The lowest BCUT2D eigenvalue weighted by Gasteiger charge is -2.15. The molecule has 0 unspecified atom stereocenters. The molecule has 4 rings (SSSR count). The van der Waals surface area contributed by atoms with E-state index in [9.17, 15) is 9.18 Å². The Labute approximate surface area is 155 Å². The molecule has 1 aromatic carbocycles. The summed E-state index contributed by atoms with van der Waals surface area (Å²) in [6.07, 6.45) is 5.84. The molecule has 0 spiro atoms. The summed E-state index contributed by atoms with van der Waals surface area (Å²) in [5.41, 5.74) is 2.38. The smallest absolute Gasteiger partial charge is 0.230 e. The molecule has 2 heterocycles. The maximum absolute atomic E-state index is 13.1. The van der Waals surface area contributed by atoms with Crippen molar-refractivity contribution in [1.82, 2.24) is 15.3 Å². The van der Waals surface area contributed by atoms with E-state index >= 15 is 0 Å². The highest BCUT2D eigenvalue weighted by Crippen LogP contribution is 2.48. The average Bonchev–Trinajstić information content (AvgIpc) is 3.35. The zero-order valence-electron chi connectivity index (χ0n) is 14.1. The molecule has 1 N–H and O–H groups in total. The summed E-state index contributed by atoms with van der Waals surface area (Å²) in [4.78, 5) is 21.3. The molecule has 1 aliphatic rings. The van der Waals surface area contributed by atoms with E-state index in [1.807, 2.05) is 17.5 Å². The SMILES string of the molecule is O=C(NCCc1csc(-c2cccnc2)n1)C1(c2ccc(F)cc2)CC1. The van der Waals surface area contributed by atoms with Crippen LogP contribution >= 0.6 is 11.3 Å². The lowest BCUT2D eigenvalue weighted by Crippen LogP contribution is -2.36. The molecule has 1 fully saturated rings. The Morgan fingerprint density at radius 3 is 2.73 bits per heavy atom. The molecule has 0 saturated heterocycles. The van der Waals surface area contributed by atoms with Gasteiger partial charge in [-0.1, -0.05) is 12.1 Å². The van der Waals surface area contributed by atoms with E-state index in [4.69, 9.17) is 0 Å². The lowest BCUT2D eigenvalue weighted by molar-refractivity contribution is -0.123. The quantitative estimate of drug-likeness (QED) is 0.722. The Kier molecular flexibility index (Phi) is 4.51. The molecule has 0 radical (unpaired) electrons. The summed E-state index contributed by atoms with van der Waals surface area (Å²) < 4.78 is 13.1. The van der Waals surface area contributed by atoms with Crippen LogP contribution in [0.2, 0.25) is 0 Å². The number of nitrogens with zero attached hydrogens (tertiary/aromatic N) is 2. The Bertz CT molecular complexity index is 904. The van der Waals surface area contributed by atoms with Crippen LogP contribution < -0.4 is 5.32 Å². The van der Waals surface area contributed by atoms with Gasteiger partial charge in [0.1, 0.15) is 10.8 Å². The van der Waals surface area contributed by atoms with Crippen LogP contribution in [0.5, 0.6) is 0 Å². The number of aromatic nitrogens is 2. The first-order chi connectivity index (χ1) is 12.7. The molecule has 0 atom stereocenters. The van der Waals surface area contributed by atoms with E-state index in [0.717, 1.165) is 34.7 Å². The first-order valence-corrected chi connectivity index (χ1v) is 9.44. The number of carbonyl (C=O) groups excluding carboxylic acids is 1. The van der Waals surface area contributed by atoms with Crippen molar-refractivity contribution in [2.45, 2.75) is 24.7 Å². The summed E-state index contributed by atoms with van der Waals surface area (Å²) in [6, 6.07) is 10.1. The predicted molar refractivity (Wildman–Crippen MR) is 99.4 cm³/mol. The molecule has 1 aliphatic carbocycles. The molecule has 0 bridgehead atoms. The third-order valence-corrected chi connectivity index (χ3v) is 5.65. The molecular formula is C20H18FN3OS. The van der Waals surface area contributed by atoms with Crippen LogP contribution in [0.25, 0.3) is 10.6 Å². The van der Waals surface area contributed by atoms with Gasteiger partial charge in [0.2, 0.25) is 5.91 Å². The van der Waals surface area contributed by atoms with Gasteiger partial charge < -0.3 is 5.32 Å². The minimum Gasteiger partial charge on any atom is -0.355 e. The second-order valence-electron chi connectivity index (χ2n) is 6.48. The summed E-state index contributed by atoms with van der Waals surface area (Å²) in [6.45, 7) is 0.540. The standard InChI is InChI=1S/C20H18FN3OS/c21-16-5-3-15(4-6-16)20(8-9-20)19(25)23-11-7-17-13-26-18(24-17)14-2-1-10-22-12-14/h1-6,10,12-13H,7-9,11H2,(H,23,25). The van der Waals surface area contributed by atoms with E-state index in [2.05, 4.69) is 15.3 Å². The van der Waals surface area contributed by atoms with Gasteiger partial charge in [-0.25, -0.2) is 9.37 Å². The Balaban J connectivity index is 1.34. The molecule has 3 aromatic rings. The highest BCUT2D eigenvalue weighted by atomic mass is 32.1. The van der Waals surface area contributed by atoms with Gasteiger partial charge in [-0.2, -0.15) is 0 Å². The van der Waals surface area contributed by atoms with Crippen LogP contribution in [-0.4, -0.2) is 22.4 Å². The first kappa shape index (κ1) is 16.8. The van der Waals surface area contributed by atoms with Crippen molar-refractivity contribution in [3.05, 3.63) is 71.2 Å². The van der Waals surface area contributed by atoms with Crippen molar-refractivity contribution >= 4 is 17.2 Å². The molecule has 2 aromatic heterocycles. The Morgan fingerprint density at radius 2 is 2.04 bits per heavy atom. The fourth-order valence-electron chi connectivity index (χ4n) is 3.06. The van der Waals surface area contributed by atoms with Crippen molar-refractivity contribution < 1.29 is 9.18 Å². The van der Waals surface area contributed by atoms with Crippen LogP contribution in [0, 0.1) is 5.82 Å². The number of halogens is 1. The van der Waals surface area contributed by atoms with E-state index in [1.165, 1.54) is 12.1 Å². The molecular weight excluding hydrogens is 349 g/mol.